The van der Waals surface area contributed by atoms with Gasteiger partial charge in [-0.05, 0) is 25.7 Å². The minimum atomic E-state index is -0.921. The maximum absolute atomic E-state index is 11.9. The smallest absolute Gasteiger partial charge is 0.307 e. The molecule has 0 aliphatic heterocycles. The topological polar surface area (TPSA) is 92.7 Å². The number of carbonyl (C=O) groups excluding carboxylic acids is 2. The van der Waals surface area contributed by atoms with E-state index in [9.17, 15) is 14.4 Å². The molecule has 0 spiro atoms. The van der Waals surface area contributed by atoms with E-state index in [-0.39, 0.29) is 30.8 Å². The Morgan fingerprint density at radius 2 is 1.89 bits per heavy atom. The van der Waals surface area contributed by atoms with Crippen LogP contribution in [0.15, 0.2) is 0 Å². The summed E-state index contributed by atoms with van der Waals surface area (Å²) in [6.45, 7) is 4.17. The first kappa shape index (κ1) is 15.5. The Bertz CT molecular complexity index is 355. The van der Waals surface area contributed by atoms with Crippen molar-refractivity contribution in [2.75, 3.05) is 13.2 Å². The summed E-state index contributed by atoms with van der Waals surface area (Å²) in [5.74, 6) is -2.43. The lowest BCUT2D eigenvalue weighted by Gasteiger charge is -2.15. The van der Waals surface area contributed by atoms with E-state index in [0.717, 1.165) is 0 Å². The number of amides is 1. The molecule has 1 unspecified atom stereocenters. The van der Waals surface area contributed by atoms with Gasteiger partial charge >= 0.3 is 11.9 Å². The SMILES string of the molecule is CCOC(=O)CCNC(=O)[C@H]1CC(C)C[C@H]1C(=O)O. The summed E-state index contributed by atoms with van der Waals surface area (Å²) in [5.41, 5.74) is 0. The van der Waals surface area contributed by atoms with Gasteiger partial charge < -0.3 is 15.2 Å². The highest BCUT2D eigenvalue weighted by Crippen LogP contribution is 2.36. The number of nitrogens with one attached hydrogen (secondary N) is 1. The molecule has 0 heterocycles. The molecule has 1 aliphatic rings. The highest BCUT2D eigenvalue weighted by molar-refractivity contribution is 5.85. The first-order valence-corrected chi connectivity index (χ1v) is 6.61. The minimum absolute atomic E-state index is 0.111. The van der Waals surface area contributed by atoms with Crippen LogP contribution in [0.5, 0.6) is 0 Å². The van der Waals surface area contributed by atoms with Crippen molar-refractivity contribution in [2.45, 2.75) is 33.1 Å². The van der Waals surface area contributed by atoms with E-state index in [1.54, 1.807) is 6.92 Å². The minimum Gasteiger partial charge on any atom is -0.481 e. The Morgan fingerprint density at radius 3 is 2.47 bits per heavy atom. The van der Waals surface area contributed by atoms with Crippen molar-refractivity contribution in [3.63, 3.8) is 0 Å². The fourth-order valence-electron chi connectivity index (χ4n) is 2.51. The number of carboxylic acid groups (broad SMARTS) is 1. The summed E-state index contributed by atoms with van der Waals surface area (Å²) in [4.78, 5) is 34.1. The van der Waals surface area contributed by atoms with Crippen LogP contribution in [-0.4, -0.2) is 36.1 Å². The fourth-order valence-corrected chi connectivity index (χ4v) is 2.51. The molecular formula is C13H21NO5. The van der Waals surface area contributed by atoms with Crippen LogP contribution >= 0.6 is 0 Å². The average Bonchev–Trinajstić information content (AvgIpc) is 2.72. The zero-order valence-corrected chi connectivity index (χ0v) is 11.3. The van der Waals surface area contributed by atoms with Crippen molar-refractivity contribution in [1.29, 1.82) is 0 Å². The Kier molecular flexibility index (Phi) is 5.79. The molecule has 1 fully saturated rings. The van der Waals surface area contributed by atoms with Crippen molar-refractivity contribution in [3.8, 4) is 0 Å². The molecule has 108 valence electrons. The summed E-state index contributed by atoms with van der Waals surface area (Å²) < 4.78 is 4.74. The van der Waals surface area contributed by atoms with Gasteiger partial charge in [0.05, 0.1) is 24.9 Å². The molecule has 19 heavy (non-hydrogen) atoms. The Labute approximate surface area is 112 Å². The van der Waals surface area contributed by atoms with E-state index >= 15 is 0 Å². The maximum Gasteiger partial charge on any atom is 0.307 e. The van der Waals surface area contributed by atoms with Crippen LogP contribution in [0, 0.1) is 17.8 Å². The summed E-state index contributed by atoms with van der Waals surface area (Å²) in [6.07, 6.45) is 1.23. The summed E-state index contributed by atoms with van der Waals surface area (Å²) >= 11 is 0. The van der Waals surface area contributed by atoms with Crippen molar-refractivity contribution < 1.29 is 24.2 Å². The van der Waals surface area contributed by atoms with Crippen LogP contribution in [0.2, 0.25) is 0 Å². The van der Waals surface area contributed by atoms with Crippen molar-refractivity contribution in [2.24, 2.45) is 17.8 Å². The molecule has 1 amide bonds. The molecule has 3 atom stereocenters. The Hall–Kier alpha value is -1.59. The van der Waals surface area contributed by atoms with Gasteiger partial charge in [-0.2, -0.15) is 0 Å². The van der Waals surface area contributed by atoms with Gasteiger partial charge in [-0.25, -0.2) is 0 Å². The van der Waals surface area contributed by atoms with E-state index in [2.05, 4.69) is 5.32 Å². The molecule has 6 nitrogen and oxygen atoms in total. The molecule has 1 rings (SSSR count). The van der Waals surface area contributed by atoms with E-state index in [1.807, 2.05) is 6.92 Å². The maximum atomic E-state index is 11.9. The molecule has 0 bridgehead atoms. The van der Waals surface area contributed by atoms with E-state index < -0.39 is 17.8 Å². The summed E-state index contributed by atoms with van der Waals surface area (Å²) in [7, 11) is 0. The zero-order valence-electron chi connectivity index (χ0n) is 11.3. The van der Waals surface area contributed by atoms with Crippen LogP contribution < -0.4 is 5.32 Å². The molecule has 6 heteroatoms. The Morgan fingerprint density at radius 1 is 1.26 bits per heavy atom. The first-order valence-electron chi connectivity index (χ1n) is 6.61. The number of ether oxygens (including phenoxy) is 1. The van der Waals surface area contributed by atoms with Gasteiger partial charge in [-0.1, -0.05) is 6.92 Å². The quantitative estimate of drug-likeness (QED) is 0.697. The fraction of sp³-hybridized carbons (Fsp3) is 0.769. The predicted octanol–water partition coefficient (Wildman–Crippen LogP) is 0.803. The number of rotatable bonds is 6. The van der Waals surface area contributed by atoms with E-state index in [0.29, 0.717) is 19.4 Å². The normalized spacial score (nSPS) is 25.9. The first-order chi connectivity index (χ1) is 8.95. The third-order valence-electron chi connectivity index (χ3n) is 3.39. The van der Waals surface area contributed by atoms with Crippen LogP contribution in [0.1, 0.15) is 33.1 Å². The Balaban J connectivity index is 2.40. The number of carbonyl (C=O) groups is 3. The lowest BCUT2D eigenvalue weighted by molar-refractivity contribution is -0.146. The van der Waals surface area contributed by atoms with Gasteiger partial charge in [0.1, 0.15) is 0 Å². The molecule has 1 aliphatic carbocycles. The third kappa shape index (κ3) is 4.54. The van der Waals surface area contributed by atoms with Crippen molar-refractivity contribution >= 4 is 17.8 Å². The highest BCUT2D eigenvalue weighted by atomic mass is 16.5. The number of hydrogen-bond donors (Lipinski definition) is 2. The second kappa shape index (κ2) is 7.11. The second-order valence-corrected chi connectivity index (χ2v) is 4.97. The average molecular weight is 271 g/mol. The zero-order chi connectivity index (χ0) is 14.4. The molecule has 0 aromatic heterocycles. The number of esters is 1. The molecule has 0 aromatic rings. The van der Waals surface area contributed by atoms with Crippen molar-refractivity contribution in [1.82, 2.24) is 5.32 Å². The van der Waals surface area contributed by atoms with Gasteiger partial charge in [-0.15, -0.1) is 0 Å². The molecule has 1 saturated carbocycles. The summed E-state index contributed by atoms with van der Waals surface area (Å²) in [6, 6.07) is 0. The van der Waals surface area contributed by atoms with Gasteiger partial charge in [0, 0.05) is 6.54 Å². The van der Waals surface area contributed by atoms with Crippen LogP contribution in [0.4, 0.5) is 0 Å². The standard InChI is InChI=1S/C13H21NO5/c1-3-19-11(15)4-5-14-12(16)9-6-8(2)7-10(9)13(17)18/h8-10H,3-7H2,1-2H3,(H,14,16)(H,17,18)/t8?,9-,10+/m0/s1. The van der Waals surface area contributed by atoms with E-state index in [4.69, 9.17) is 9.84 Å². The molecule has 0 aromatic carbocycles. The number of carboxylic acids is 1. The lowest BCUT2D eigenvalue weighted by Crippen LogP contribution is -2.36. The van der Waals surface area contributed by atoms with E-state index in [1.165, 1.54) is 0 Å². The largest absolute Gasteiger partial charge is 0.481 e. The van der Waals surface area contributed by atoms with Crippen molar-refractivity contribution in [3.05, 3.63) is 0 Å². The molecule has 2 N–H and O–H groups in total. The number of aliphatic carboxylic acids is 1. The van der Waals surface area contributed by atoms with Crippen LogP contribution in [0.3, 0.4) is 0 Å². The molecule has 0 saturated heterocycles. The van der Waals surface area contributed by atoms with Gasteiger partial charge in [-0.3, -0.25) is 14.4 Å². The van der Waals surface area contributed by atoms with Crippen LogP contribution in [0.25, 0.3) is 0 Å². The van der Waals surface area contributed by atoms with Gasteiger partial charge in [0.25, 0.3) is 0 Å². The van der Waals surface area contributed by atoms with Gasteiger partial charge in [0.2, 0.25) is 5.91 Å². The summed E-state index contributed by atoms with van der Waals surface area (Å²) in [5, 5.41) is 11.7. The van der Waals surface area contributed by atoms with Crippen LogP contribution in [-0.2, 0) is 19.1 Å². The van der Waals surface area contributed by atoms with Gasteiger partial charge in [0.15, 0.2) is 0 Å². The monoisotopic (exact) mass is 271 g/mol. The predicted molar refractivity (Wildman–Crippen MR) is 67.3 cm³/mol. The third-order valence-corrected chi connectivity index (χ3v) is 3.39. The highest BCUT2D eigenvalue weighted by Gasteiger charge is 2.40. The molecular weight excluding hydrogens is 250 g/mol. The number of hydrogen-bond acceptors (Lipinski definition) is 4. The molecule has 0 radical (unpaired) electrons. The second-order valence-electron chi connectivity index (χ2n) is 4.97. The lowest BCUT2D eigenvalue weighted by atomic mass is 9.95.